The highest BCUT2D eigenvalue weighted by atomic mass is 32.2. The van der Waals surface area contributed by atoms with Crippen molar-refractivity contribution in [1.29, 1.82) is 0 Å². The van der Waals surface area contributed by atoms with Crippen LogP contribution in [0.3, 0.4) is 0 Å². The van der Waals surface area contributed by atoms with Gasteiger partial charge in [-0.1, -0.05) is 47.8 Å². The molecule has 0 spiro atoms. The largest absolute Gasteiger partial charge is 0.325 e. The molecule has 1 amide bonds. The predicted octanol–water partition coefficient (Wildman–Crippen LogP) is 5.00. The normalized spacial score (nSPS) is 13.0. The summed E-state index contributed by atoms with van der Waals surface area (Å²) >= 11 is 4.87. The zero-order chi connectivity index (χ0) is 18.9. The standard InChI is InChI=1S/C20H16N4OS3/c25-18(12-27-20-23-15-3-1-2-4-17(15)28-20)21-14-7-5-13(6-8-14)16-11-24-9-10-26-19(24)22-16/h1-8,11H,9-10,12H2,(H,21,25). The molecule has 0 radical (unpaired) electrons. The van der Waals surface area contributed by atoms with E-state index < -0.39 is 0 Å². The Balaban J connectivity index is 1.20. The molecule has 140 valence electrons. The fourth-order valence-corrected chi connectivity index (χ4v) is 5.82. The number of amides is 1. The van der Waals surface area contributed by atoms with Crippen LogP contribution in [0.4, 0.5) is 5.69 Å². The van der Waals surface area contributed by atoms with E-state index in [1.165, 1.54) is 11.8 Å². The van der Waals surface area contributed by atoms with Gasteiger partial charge in [0.25, 0.3) is 0 Å². The van der Waals surface area contributed by atoms with Gasteiger partial charge in [0.15, 0.2) is 9.50 Å². The first-order valence-corrected chi connectivity index (χ1v) is 11.6. The van der Waals surface area contributed by atoms with Crippen molar-refractivity contribution < 1.29 is 4.79 Å². The number of carbonyl (C=O) groups is 1. The second-order valence-corrected chi connectivity index (χ2v) is 9.63. The highest BCUT2D eigenvalue weighted by Gasteiger charge is 2.15. The minimum atomic E-state index is -0.0330. The van der Waals surface area contributed by atoms with Gasteiger partial charge in [0, 0.05) is 29.7 Å². The van der Waals surface area contributed by atoms with Crippen LogP contribution >= 0.6 is 34.9 Å². The van der Waals surface area contributed by atoms with E-state index in [0.717, 1.165) is 49.0 Å². The monoisotopic (exact) mass is 424 g/mol. The maximum Gasteiger partial charge on any atom is 0.234 e. The molecule has 2 aromatic carbocycles. The van der Waals surface area contributed by atoms with Crippen LogP contribution in [-0.2, 0) is 11.3 Å². The van der Waals surface area contributed by atoms with Crippen LogP contribution in [-0.4, -0.2) is 31.9 Å². The van der Waals surface area contributed by atoms with Gasteiger partial charge in [-0.15, -0.1) is 11.3 Å². The molecule has 0 saturated heterocycles. The van der Waals surface area contributed by atoms with Crippen molar-refractivity contribution in [2.24, 2.45) is 0 Å². The minimum Gasteiger partial charge on any atom is -0.325 e. The number of para-hydroxylation sites is 1. The summed E-state index contributed by atoms with van der Waals surface area (Å²) in [5.74, 6) is 1.41. The highest BCUT2D eigenvalue weighted by Crippen LogP contribution is 2.30. The zero-order valence-corrected chi connectivity index (χ0v) is 17.2. The fraction of sp³-hybridized carbons (Fsp3) is 0.150. The molecule has 1 N–H and O–H groups in total. The van der Waals surface area contributed by atoms with Crippen LogP contribution in [0.1, 0.15) is 0 Å². The summed E-state index contributed by atoms with van der Waals surface area (Å²) in [4.78, 5) is 21.5. The molecule has 5 nitrogen and oxygen atoms in total. The zero-order valence-electron chi connectivity index (χ0n) is 14.8. The summed E-state index contributed by atoms with van der Waals surface area (Å²) in [6, 6.07) is 15.9. The van der Waals surface area contributed by atoms with Gasteiger partial charge in [0.1, 0.15) is 0 Å². The van der Waals surface area contributed by atoms with Gasteiger partial charge in [-0.2, -0.15) is 0 Å². The van der Waals surface area contributed by atoms with E-state index in [1.54, 1.807) is 23.1 Å². The first-order valence-electron chi connectivity index (χ1n) is 8.83. The number of rotatable bonds is 5. The van der Waals surface area contributed by atoms with Gasteiger partial charge >= 0.3 is 0 Å². The Bertz CT molecular complexity index is 1100. The minimum absolute atomic E-state index is 0.0330. The SMILES string of the molecule is O=C(CSc1nc2ccccc2s1)Nc1ccc(-c2cn3c(n2)SCC3)cc1. The molecule has 0 saturated carbocycles. The molecule has 2 aromatic heterocycles. The first-order chi connectivity index (χ1) is 13.7. The van der Waals surface area contributed by atoms with Gasteiger partial charge in [0.05, 0.1) is 21.7 Å². The van der Waals surface area contributed by atoms with Crippen molar-refractivity contribution in [3.63, 3.8) is 0 Å². The number of nitrogens with zero attached hydrogens (tertiary/aromatic N) is 3. The maximum atomic E-state index is 12.3. The summed E-state index contributed by atoms with van der Waals surface area (Å²) in [6.07, 6.45) is 2.09. The Labute approximate surface area is 174 Å². The van der Waals surface area contributed by atoms with Crippen LogP contribution in [0.15, 0.2) is 64.2 Å². The Kier molecular flexibility index (Phi) is 4.84. The number of carbonyl (C=O) groups excluding carboxylic acids is 1. The van der Waals surface area contributed by atoms with Gasteiger partial charge in [-0.05, 0) is 24.3 Å². The molecule has 0 aliphatic carbocycles. The third kappa shape index (κ3) is 3.67. The smallest absolute Gasteiger partial charge is 0.234 e. The van der Waals surface area contributed by atoms with Gasteiger partial charge in [-0.3, -0.25) is 4.79 Å². The van der Waals surface area contributed by atoms with Crippen molar-refractivity contribution in [3.05, 3.63) is 54.7 Å². The number of thiazole rings is 1. The molecule has 1 aliphatic rings. The quantitative estimate of drug-likeness (QED) is 0.457. The molecule has 0 unspecified atom stereocenters. The van der Waals surface area contributed by atoms with Crippen LogP contribution in [0.25, 0.3) is 21.5 Å². The van der Waals surface area contributed by atoms with E-state index in [-0.39, 0.29) is 5.91 Å². The maximum absolute atomic E-state index is 12.3. The average molecular weight is 425 g/mol. The third-order valence-electron chi connectivity index (χ3n) is 4.37. The van der Waals surface area contributed by atoms with Crippen molar-refractivity contribution in [3.8, 4) is 11.3 Å². The fourth-order valence-electron chi connectivity index (χ4n) is 3.01. The Morgan fingerprint density at radius 1 is 1.14 bits per heavy atom. The summed E-state index contributed by atoms with van der Waals surface area (Å²) in [7, 11) is 0. The second-order valence-electron chi connectivity index (χ2n) is 6.31. The summed E-state index contributed by atoms with van der Waals surface area (Å²) < 4.78 is 4.25. The Morgan fingerprint density at radius 3 is 2.82 bits per heavy atom. The van der Waals surface area contributed by atoms with Gasteiger partial charge < -0.3 is 9.88 Å². The molecule has 5 rings (SSSR count). The van der Waals surface area contributed by atoms with E-state index in [9.17, 15) is 4.79 Å². The number of benzene rings is 2. The summed E-state index contributed by atoms with van der Waals surface area (Å²) in [5.41, 5.74) is 3.81. The number of hydrogen-bond donors (Lipinski definition) is 1. The molecule has 0 bridgehead atoms. The Hall–Kier alpha value is -2.29. The van der Waals surface area contributed by atoms with Crippen LogP contribution in [0.2, 0.25) is 0 Å². The van der Waals surface area contributed by atoms with Crippen molar-refractivity contribution in [2.45, 2.75) is 16.0 Å². The molecule has 0 atom stereocenters. The molecule has 0 fully saturated rings. The number of aryl methyl sites for hydroxylation is 1. The molecule has 8 heteroatoms. The topological polar surface area (TPSA) is 59.8 Å². The predicted molar refractivity (Wildman–Crippen MR) is 117 cm³/mol. The number of aromatic nitrogens is 3. The lowest BCUT2D eigenvalue weighted by atomic mass is 10.1. The van der Waals surface area contributed by atoms with Gasteiger partial charge in [-0.25, -0.2) is 9.97 Å². The van der Waals surface area contributed by atoms with Crippen LogP contribution in [0.5, 0.6) is 0 Å². The number of anilines is 1. The lowest BCUT2D eigenvalue weighted by Crippen LogP contribution is -2.13. The summed E-state index contributed by atoms with van der Waals surface area (Å²) in [6.45, 7) is 1.02. The van der Waals surface area contributed by atoms with Crippen LogP contribution in [0, 0.1) is 0 Å². The van der Waals surface area contributed by atoms with Crippen molar-refractivity contribution in [2.75, 3.05) is 16.8 Å². The average Bonchev–Trinajstić information content (AvgIpc) is 3.41. The molecule has 28 heavy (non-hydrogen) atoms. The number of imidazole rings is 1. The number of thioether (sulfide) groups is 2. The molecular formula is C20H16N4OS3. The Morgan fingerprint density at radius 2 is 2.00 bits per heavy atom. The molecule has 1 aliphatic heterocycles. The lowest BCUT2D eigenvalue weighted by Gasteiger charge is -2.05. The second kappa shape index (κ2) is 7.62. The van der Waals surface area contributed by atoms with E-state index in [1.807, 2.05) is 48.5 Å². The number of fused-ring (bicyclic) bond motifs is 2. The van der Waals surface area contributed by atoms with Crippen LogP contribution < -0.4 is 5.32 Å². The first kappa shape index (κ1) is 17.8. The summed E-state index contributed by atoms with van der Waals surface area (Å²) in [5, 5.41) is 4.03. The molecule has 3 heterocycles. The highest BCUT2D eigenvalue weighted by molar-refractivity contribution is 8.01. The van der Waals surface area contributed by atoms with E-state index in [2.05, 4.69) is 26.0 Å². The number of nitrogens with one attached hydrogen (secondary N) is 1. The van der Waals surface area contributed by atoms with Crippen molar-refractivity contribution >= 4 is 56.7 Å². The molecule has 4 aromatic rings. The number of hydrogen-bond acceptors (Lipinski definition) is 6. The lowest BCUT2D eigenvalue weighted by molar-refractivity contribution is -0.113. The van der Waals surface area contributed by atoms with E-state index in [4.69, 9.17) is 0 Å². The van der Waals surface area contributed by atoms with Crippen molar-refractivity contribution in [1.82, 2.24) is 14.5 Å². The molecular weight excluding hydrogens is 408 g/mol. The third-order valence-corrected chi connectivity index (χ3v) is 7.52. The van der Waals surface area contributed by atoms with E-state index in [0.29, 0.717) is 5.75 Å². The van der Waals surface area contributed by atoms with E-state index >= 15 is 0 Å². The van der Waals surface area contributed by atoms with Gasteiger partial charge in [0.2, 0.25) is 5.91 Å².